The summed E-state index contributed by atoms with van der Waals surface area (Å²) in [6, 6.07) is 0. The molecular weight excluding hydrogens is 226 g/mol. The van der Waals surface area contributed by atoms with Gasteiger partial charge >= 0.3 is 0 Å². The number of rotatable bonds is 13. The van der Waals surface area contributed by atoms with Gasteiger partial charge in [-0.1, -0.05) is 96.7 Å². The predicted octanol–water partition coefficient (Wildman–Crippen LogP) is 6.35. The van der Waals surface area contributed by atoms with Gasteiger partial charge in [0.1, 0.15) is 0 Å². The molecule has 0 atom stereocenters. The zero-order valence-corrected chi connectivity index (χ0v) is 12.8. The van der Waals surface area contributed by atoms with Crippen LogP contribution in [0, 0.1) is 0 Å². The van der Waals surface area contributed by atoms with Crippen molar-refractivity contribution in [3.05, 3.63) is 0 Å². The van der Waals surface area contributed by atoms with Gasteiger partial charge < -0.3 is 0 Å². The standard InChI is InChI=1S/C15H31BCl/c1-3-5-7-9-11-13-15(16-17)14-12-10-8-6-4-2/h15H,3-14H2,1-2H3. The molecule has 0 nitrogen and oxygen atoms in total. The van der Waals surface area contributed by atoms with E-state index in [4.69, 9.17) is 11.5 Å². The van der Waals surface area contributed by atoms with E-state index in [-0.39, 0.29) is 0 Å². The summed E-state index contributed by atoms with van der Waals surface area (Å²) in [6.45, 7) is 6.46. The Kier molecular flexibility index (Phi) is 14.7. The van der Waals surface area contributed by atoms with Crippen LogP contribution in [0.15, 0.2) is 0 Å². The lowest BCUT2D eigenvalue weighted by molar-refractivity contribution is 0.541. The van der Waals surface area contributed by atoms with Crippen LogP contribution < -0.4 is 0 Å². The van der Waals surface area contributed by atoms with Crippen LogP contribution in [0.2, 0.25) is 5.82 Å². The average Bonchev–Trinajstić information content (AvgIpc) is 2.36. The zero-order valence-electron chi connectivity index (χ0n) is 12.0. The van der Waals surface area contributed by atoms with E-state index in [1.165, 1.54) is 77.0 Å². The second kappa shape index (κ2) is 14.4. The van der Waals surface area contributed by atoms with Crippen molar-refractivity contribution in [2.45, 2.75) is 96.7 Å². The van der Waals surface area contributed by atoms with Gasteiger partial charge in [-0.05, 0) is 0 Å². The molecule has 0 saturated carbocycles. The lowest BCUT2D eigenvalue weighted by Crippen LogP contribution is -1.99. The van der Waals surface area contributed by atoms with E-state index in [2.05, 4.69) is 13.8 Å². The summed E-state index contributed by atoms with van der Waals surface area (Å²) in [4.78, 5) is 0. The Labute approximate surface area is 115 Å². The molecule has 0 aromatic rings. The maximum Gasteiger partial charge on any atom is 0.241 e. The minimum atomic E-state index is 0.667. The molecule has 0 aliphatic rings. The van der Waals surface area contributed by atoms with Gasteiger partial charge in [0.15, 0.2) is 0 Å². The van der Waals surface area contributed by atoms with E-state index in [0.717, 1.165) is 0 Å². The number of hydrogen-bond donors (Lipinski definition) is 0. The predicted molar refractivity (Wildman–Crippen MR) is 82.1 cm³/mol. The number of halogens is 1. The van der Waals surface area contributed by atoms with Gasteiger partial charge in [-0.25, -0.2) is 11.5 Å². The summed E-state index contributed by atoms with van der Waals surface area (Å²) in [7, 11) is 0. The SMILES string of the molecule is CCCCCCCC([B]Cl)CCCCCCC. The first kappa shape index (κ1) is 17.4. The fourth-order valence-electron chi connectivity index (χ4n) is 2.29. The summed E-state index contributed by atoms with van der Waals surface area (Å²) in [5.41, 5.74) is 0. The van der Waals surface area contributed by atoms with Gasteiger partial charge in [-0.3, -0.25) is 0 Å². The molecule has 0 fully saturated rings. The molecule has 0 aliphatic heterocycles. The quantitative estimate of drug-likeness (QED) is 0.266. The molecule has 0 N–H and O–H groups in total. The minimum Gasteiger partial charge on any atom is -0.204 e. The summed E-state index contributed by atoms with van der Waals surface area (Å²) >= 11 is 5.92. The largest absolute Gasteiger partial charge is 0.241 e. The maximum absolute atomic E-state index is 5.92. The summed E-state index contributed by atoms with van der Waals surface area (Å²) in [5.74, 6) is 0.667. The van der Waals surface area contributed by atoms with Crippen molar-refractivity contribution in [3.8, 4) is 0 Å². The molecule has 0 heterocycles. The molecule has 0 bridgehead atoms. The van der Waals surface area contributed by atoms with Gasteiger partial charge in [-0.2, -0.15) is 0 Å². The lowest BCUT2D eigenvalue weighted by Gasteiger charge is -2.12. The van der Waals surface area contributed by atoms with Crippen molar-refractivity contribution in [1.29, 1.82) is 0 Å². The molecule has 0 aliphatic carbocycles. The van der Waals surface area contributed by atoms with Gasteiger partial charge in [0.25, 0.3) is 0 Å². The van der Waals surface area contributed by atoms with Crippen molar-refractivity contribution in [3.63, 3.8) is 0 Å². The fraction of sp³-hybridized carbons (Fsp3) is 1.00. The highest BCUT2D eigenvalue weighted by Crippen LogP contribution is 2.23. The van der Waals surface area contributed by atoms with Crippen LogP contribution in [0.3, 0.4) is 0 Å². The van der Waals surface area contributed by atoms with Crippen LogP contribution >= 0.6 is 11.5 Å². The van der Waals surface area contributed by atoms with E-state index in [0.29, 0.717) is 5.82 Å². The highest BCUT2D eigenvalue weighted by atomic mass is 35.5. The highest BCUT2D eigenvalue weighted by Gasteiger charge is 2.08. The molecule has 0 saturated heterocycles. The van der Waals surface area contributed by atoms with Crippen molar-refractivity contribution in [2.24, 2.45) is 0 Å². The van der Waals surface area contributed by atoms with Crippen LogP contribution in [0.4, 0.5) is 0 Å². The smallest absolute Gasteiger partial charge is 0.204 e. The van der Waals surface area contributed by atoms with E-state index in [9.17, 15) is 0 Å². The van der Waals surface area contributed by atoms with Gasteiger partial charge in [0.05, 0.1) is 0 Å². The molecule has 0 rings (SSSR count). The molecule has 0 spiro atoms. The van der Waals surface area contributed by atoms with Crippen LogP contribution in [0.25, 0.3) is 0 Å². The van der Waals surface area contributed by atoms with Crippen molar-refractivity contribution in [1.82, 2.24) is 0 Å². The highest BCUT2D eigenvalue weighted by molar-refractivity contribution is 6.94. The Morgan fingerprint density at radius 3 is 1.47 bits per heavy atom. The maximum atomic E-state index is 5.92. The van der Waals surface area contributed by atoms with E-state index < -0.39 is 0 Å². The summed E-state index contributed by atoms with van der Waals surface area (Å²) < 4.78 is 0. The molecular formula is C15H31BCl. The molecule has 17 heavy (non-hydrogen) atoms. The average molecular weight is 258 g/mol. The molecule has 0 amide bonds. The topological polar surface area (TPSA) is 0 Å². The third kappa shape index (κ3) is 12.6. The Hall–Kier alpha value is 0.355. The molecule has 101 valence electrons. The third-order valence-corrected chi connectivity index (χ3v) is 3.89. The van der Waals surface area contributed by atoms with E-state index >= 15 is 0 Å². The van der Waals surface area contributed by atoms with Crippen LogP contribution in [-0.4, -0.2) is 6.69 Å². The molecule has 0 aromatic heterocycles. The van der Waals surface area contributed by atoms with Crippen LogP contribution in [-0.2, 0) is 0 Å². The molecule has 0 aromatic carbocycles. The Morgan fingerprint density at radius 2 is 1.12 bits per heavy atom. The molecule has 0 unspecified atom stereocenters. The fourth-order valence-corrected chi connectivity index (χ4v) is 2.54. The molecule has 2 heteroatoms. The first-order valence-corrected chi connectivity index (χ1v) is 8.22. The van der Waals surface area contributed by atoms with Gasteiger partial charge in [0.2, 0.25) is 6.69 Å². The normalized spacial score (nSPS) is 11.1. The first-order valence-electron chi connectivity index (χ1n) is 7.78. The van der Waals surface area contributed by atoms with Crippen LogP contribution in [0.5, 0.6) is 0 Å². The molecule has 1 radical (unpaired) electrons. The Balaban J connectivity index is 3.30. The second-order valence-electron chi connectivity index (χ2n) is 5.29. The summed E-state index contributed by atoms with van der Waals surface area (Å²) in [5, 5.41) is 0. The van der Waals surface area contributed by atoms with Crippen molar-refractivity contribution >= 4 is 18.2 Å². The second-order valence-corrected chi connectivity index (χ2v) is 5.54. The monoisotopic (exact) mass is 257 g/mol. The Bertz CT molecular complexity index is 125. The lowest BCUT2D eigenvalue weighted by atomic mass is 9.78. The third-order valence-electron chi connectivity index (χ3n) is 3.54. The van der Waals surface area contributed by atoms with Gasteiger partial charge in [-0.15, -0.1) is 0 Å². The summed E-state index contributed by atoms with van der Waals surface area (Å²) in [6.07, 6.45) is 16.4. The van der Waals surface area contributed by atoms with Gasteiger partial charge in [0, 0.05) is 0 Å². The minimum absolute atomic E-state index is 0.667. The first-order chi connectivity index (χ1) is 8.35. The van der Waals surface area contributed by atoms with E-state index in [1.54, 1.807) is 0 Å². The van der Waals surface area contributed by atoms with Crippen molar-refractivity contribution in [2.75, 3.05) is 0 Å². The van der Waals surface area contributed by atoms with E-state index in [1.807, 2.05) is 6.69 Å². The Morgan fingerprint density at radius 1 is 0.706 bits per heavy atom. The van der Waals surface area contributed by atoms with Crippen molar-refractivity contribution < 1.29 is 0 Å². The number of hydrogen-bond acceptors (Lipinski definition) is 0. The zero-order chi connectivity index (χ0) is 12.8. The van der Waals surface area contributed by atoms with Crippen LogP contribution in [0.1, 0.15) is 90.9 Å². The number of unbranched alkanes of at least 4 members (excludes halogenated alkanes) is 8.